The van der Waals surface area contributed by atoms with Gasteiger partial charge in [-0.2, -0.15) is 0 Å². The summed E-state index contributed by atoms with van der Waals surface area (Å²) in [5.74, 6) is 3.00. The predicted molar refractivity (Wildman–Crippen MR) is 134 cm³/mol. The second-order valence-corrected chi connectivity index (χ2v) is 14.5. The van der Waals surface area contributed by atoms with Crippen molar-refractivity contribution >= 4 is 0 Å². The zero-order valence-corrected chi connectivity index (χ0v) is 22.3. The van der Waals surface area contributed by atoms with Crippen molar-refractivity contribution in [3.63, 3.8) is 0 Å². The summed E-state index contributed by atoms with van der Waals surface area (Å²) in [6.45, 7) is 18.5. The molecule has 5 aliphatic carbocycles. The third-order valence-electron chi connectivity index (χ3n) is 13.4. The predicted octanol–water partition coefficient (Wildman–Crippen LogP) is 7.64. The van der Waals surface area contributed by atoms with Gasteiger partial charge >= 0.3 is 0 Å². The fourth-order valence-electron chi connectivity index (χ4n) is 11.3. The highest BCUT2D eigenvalue weighted by Gasteiger charge is 2.82. The molecule has 0 amide bonds. The Balaban J connectivity index is 1.37. The third kappa shape index (κ3) is 2.97. The minimum Gasteiger partial charge on any atom is -0.393 e. The summed E-state index contributed by atoms with van der Waals surface area (Å²) in [7, 11) is 0. The summed E-state index contributed by atoms with van der Waals surface area (Å²) in [6.07, 6.45) is 13.6. The van der Waals surface area contributed by atoms with Gasteiger partial charge in [0.1, 0.15) is 6.10 Å². The maximum absolute atomic E-state index is 10.9. The summed E-state index contributed by atoms with van der Waals surface area (Å²) >= 11 is 0. The van der Waals surface area contributed by atoms with Crippen molar-refractivity contribution in [3.8, 4) is 0 Å². The monoisotopic (exact) mass is 458 g/mol. The lowest BCUT2D eigenvalue weighted by Crippen LogP contribution is -2.57. The summed E-state index contributed by atoms with van der Waals surface area (Å²) in [4.78, 5) is 4.72. The van der Waals surface area contributed by atoms with Gasteiger partial charge in [0.05, 0.1) is 6.10 Å². The van der Waals surface area contributed by atoms with Gasteiger partial charge in [-0.1, -0.05) is 41.2 Å². The lowest BCUT2D eigenvalue weighted by Gasteiger charge is -2.63. The molecule has 0 bridgehead atoms. The minimum absolute atomic E-state index is 0.0791. The lowest BCUT2D eigenvalue weighted by molar-refractivity contribution is -0.270. The molecule has 0 unspecified atom stereocenters. The van der Waals surface area contributed by atoms with Gasteiger partial charge in [0.15, 0.2) is 0 Å². The number of aliphatic hydroxyl groups is 1. The molecule has 0 saturated heterocycles. The van der Waals surface area contributed by atoms with Crippen LogP contribution in [0.5, 0.6) is 0 Å². The molecule has 33 heavy (non-hydrogen) atoms. The molecule has 5 fully saturated rings. The van der Waals surface area contributed by atoms with E-state index in [2.05, 4.69) is 41.2 Å². The number of hydrogen-bond acceptors (Lipinski definition) is 3. The smallest absolute Gasteiger partial charge is 0.113 e. The van der Waals surface area contributed by atoms with Crippen molar-refractivity contribution in [1.82, 2.24) is 0 Å². The van der Waals surface area contributed by atoms with E-state index in [4.69, 9.17) is 4.89 Å². The molecule has 3 nitrogen and oxygen atoms in total. The molecular formula is C30H50O3. The number of rotatable bonds is 6. The molecule has 0 radical (unpaired) electrons. The van der Waals surface area contributed by atoms with E-state index in [-0.39, 0.29) is 17.6 Å². The first-order valence-corrected chi connectivity index (χ1v) is 14.0. The van der Waals surface area contributed by atoms with Crippen LogP contribution in [0.25, 0.3) is 0 Å². The van der Waals surface area contributed by atoms with E-state index >= 15 is 0 Å². The average molecular weight is 459 g/mol. The van der Waals surface area contributed by atoms with E-state index in [0.717, 1.165) is 36.7 Å². The Hall–Kier alpha value is -0.380. The van der Waals surface area contributed by atoms with Gasteiger partial charge in [-0.15, -0.1) is 0 Å². The highest BCUT2D eigenvalue weighted by Crippen LogP contribution is 2.89. The first-order chi connectivity index (χ1) is 15.4. The lowest BCUT2D eigenvalue weighted by atomic mass is 9.41. The van der Waals surface area contributed by atoms with Gasteiger partial charge in [-0.25, -0.2) is 4.89 Å². The number of fused-ring (bicyclic) bond motifs is 2. The zero-order valence-electron chi connectivity index (χ0n) is 22.3. The summed E-state index contributed by atoms with van der Waals surface area (Å²) in [5.41, 5.74) is 2.95. The van der Waals surface area contributed by atoms with Crippen molar-refractivity contribution in [2.24, 2.45) is 50.7 Å². The second-order valence-electron chi connectivity index (χ2n) is 14.5. The Kier molecular flexibility index (Phi) is 5.57. The third-order valence-corrected chi connectivity index (χ3v) is 13.4. The Bertz CT molecular complexity index is 804. The molecule has 0 aromatic rings. The quantitative estimate of drug-likeness (QED) is 0.244. The van der Waals surface area contributed by atoms with E-state index in [1.54, 1.807) is 0 Å². The maximum atomic E-state index is 10.9. The van der Waals surface area contributed by atoms with E-state index < -0.39 is 0 Å². The van der Waals surface area contributed by atoms with Crippen molar-refractivity contribution in [3.05, 3.63) is 12.2 Å². The first kappa shape index (κ1) is 24.3. The van der Waals surface area contributed by atoms with Crippen molar-refractivity contribution in [2.45, 2.75) is 124 Å². The molecule has 0 heterocycles. The van der Waals surface area contributed by atoms with E-state index in [9.17, 15) is 10.4 Å². The standard InChI is InChI=1S/C30H50O3/c1-19(2)22(33-32)9-8-20(3)21-12-14-28(7)24-11-10-23-26(4,5)25(31)13-15-29(23)18-30(24,29)17-16-27(21,28)6/h20-25,31-32H,1,8-18H2,2-7H3/t20-,21-,22-,23+,24-,25+,27-,28+,29-,30+/m1/s1. The SMILES string of the molecule is C=C(C)[C@@H](CC[C@@H](C)[C@H]1CC[C@@]2(C)[C@H]3CC[C@H]4C(C)(C)[C@@H](O)CC[C@@]45C[C@@]35CC[C@]12C)OO. The molecule has 5 aliphatic rings. The number of hydrogen-bond donors (Lipinski definition) is 2. The molecule has 0 aliphatic heterocycles. The van der Waals surface area contributed by atoms with Crippen molar-refractivity contribution in [1.29, 1.82) is 0 Å². The van der Waals surface area contributed by atoms with Crippen LogP contribution in [0.1, 0.15) is 112 Å². The van der Waals surface area contributed by atoms with Gasteiger partial charge < -0.3 is 5.11 Å². The fraction of sp³-hybridized carbons (Fsp3) is 0.933. The largest absolute Gasteiger partial charge is 0.393 e. The molecule has 10 atom stereocenters. The molecule has 0 aromatic carbocycles. The van der Waals surface area contributed by atoms with Gasteiger partial charge in [0.25, 0.3) is 0 Å². The zero-order chi connectivity index (χ0) is 24.0. The van der Waals surface area contributed by atoms with Crippen LogP contribution in [0.15, 0.2) is 12.2 Å². The fourth-order valence-corrected chi connectivity index (χ4v) is 11.3. The van der Waals surface area contributed by atoms with Gasteiger partial charge in [0.2, 0.25) is 0 Å². The van der Waals surface area contributed by atoms with Crippen LogP contribution >= 0.6 is 0 Å². The summed E-state index contributed by atoms with van der Waals surface area (Å²) < 4.78 is 0. The topological polar surface area (TPSA) is 49.7 Å². The minimum atomic E-state index is -0.228. The molecule has 2 spiro atoms. The first-order valence-electron chi connectivity index (χ1n) is 14.0. The Morgan fingerprint density at radius 2 is 1.58 bits per heavy atom. The molecule has 5 rings (SSSR count). The molecule has 0 aromatic heterocycles. The number of aliphatic hydroxyl groups excluding tert-OH is 1. The Labute approximate surface area is 202 Å². The Morgan fingerprint density at radius 3 is 2.24 bits per heavy atom. The molecular weight excluding hydrogens is 408 g/mol. The molecule has 5 saturated carbocycles. The van der Waals surface area contributed by atoms with Gasteiger partial charge in [0, 0.05) is 0 Å². The van der Waals surface area contributed by atoms with Crippen molar-refractivity contribution in [2.75, 3.05) is 0 Å². The van der Waals surface area contributed by atoms with Crippen LogP contribution in [0.4, 0.5) is 0 Å². The van der Waals surface area contributed by atoms with Crippen LogP contribution in [0.2, 0.25) is 0 Å². The summed E-state index contributed by atoms with van der Waals surface area (Å²) in [5, 5.41) is 20.1. The molecule has 3 heteroatoms. The van der Waals surface area contributed by atoms with Crippen LogP contribution in [0.3, 0.4) is 0 Å². The van der Waals surface area contributed by atoms with Gasteiger partial charge in [-0.05, 0) is 134 Å². The maximum Gasteiger partial charge on any atom is 0.113 e. The summed E-state index contributed by atoms with van der Waals surface area (Å²) in [6, 6.07) is 0. The average Bonchev–Trinajstić information content (AvgIpc) is 3.34. The van der Waals surface area contributed by atoms with Crippen LogP contribution in [-0.4, -0.2) is 22.6 Å². The highest BCUT2D eigenvalue weighted by atomic mass is 17.1. The van der Waals surface area contributed by atoms with Crippen LogP contribution in [-0.2, 0) is 4.89 Å². The van der Waals surface area contributed by atoms with Crippen LogP contribution < -0.4 is 0 Å². The highest BCUT2D eigenvalue weighted by molar-refractivity contribution is 5.30. The molecule has 188 valence electrons. The normalized spacial score (nSPS) is 51.5. The second kappa shape index (κ2) is 7.56. The molecule has 2 N–H and O–H groups in total. The van der Waals surface area contributed by atoms with Crippen LogP contribution in [0, 0.1) is 50.7 Å². The van der Waals surface area contributed by atoms with E-state index in [1.807, 2.05) is 6.92 Å². The van der Waals surface area contributed by atoms with Crippen molar-refractivity contribution < 1.29 is 15.3 Å². The van der Waals surface area contributed by atoms with Gasteiger partial charge in [-0.3, -0.25) is 5.26 Å². The van der Waals surface area contributed by atoms with E-state index in [0.29, 0.717) is 33.5 Å². The van der Waals surface area contributed by atoms with E-state index in [1.165, 1.54) is 51.4 Å². The Morgan fingerprint density at radius 1 is 0.909 bits per heavy atom.